The van der Waals surface area contributed by atoms with Crippen LogP contribution in [0.4, 0.5) is 0 Å². The lowest BCUT2D eigenvalue weighted by molar-refractivity contribution is -0.154. The third-order valence-corrected chi connectivity index (χ3v) is 3.27. The molecule has 1 unspecified atom stereocenters. The maximum absolute atomic E-state index is 11.8. The molecule has 5 nitrogen and oxygen atoms in total. The summed E-state index contributed by atoms with van der Waals surface area (Å²) in [5.41, 5.74) is 0. The second kappa shape index (κ2) is 8.91. The Morgan fingerprint density at radius 3 is 2.68 bits per heavy atom. The van der Waals surface area contributed by atoms with Crippen LogP contribution in [-0.4, -0.2) is 49.2 Å². The van der Waals surface area contributed by atoms with E-state index in [0.29, 0.717) is 13.2 Å². The molecule has 0 saturated carbocycles. The summed E-state index contributed by atoms with van der Waals surface area (Å²) < 4.78 is 10.2. The molecule has 0 aromatic heterocycles. The Bertz CT molecular complexity index is 293. The Labute approximate surface area is 115 Å². The molecule has 5 heteroatoms. The molecule has 0 bridgehead atoms. The van der Waals surface area contributed by atoms with E-state index < -0.39 is 0 Å². The van der Waals surface area contributed by atoms with E-state index in [1.807, 2.05) is 4.90 Å². The number of likely N-dealkylation sites (tertiary alicyclic amines) is 1. The zero-order valence-electron chi connectivity index (χ0n) is 12.0. The summed E-state index contributed by atoms with van der Waals surface area (Å²) in [6, 6.07) is -0.285. The lowest BCUT2D eigenvalue weighted by atomic mass is 10.0. The average molecular weight is 271 g/mol. The number of unbranched alkanes of at least 4 members (excludes halogenated alkanes) is 1. The van der Waals surface area contributed by atoms with Crippen LogP contribution in [-0.2, 0) is 19.1 Å². The third kappa shape index (κ3) is 5.59. The second-order valence-electron chi connectivity index (χ2n) is 4.81. The van der Waals surface area contributed by atoms with Crippen molar-refractivity contribution < 1.29 is 19.1 Å². The van der Waals surface area contributed by atoms with Crippen LogP contribution in [0.5, 0.6) is 0 Å². The van der Waals surface area contributed by atoms with Crippen molar-refractivity contribution in [3.63, 3.8) is 0 Å². The summed E-state index contributed by atoms with van der Waals surface area (Å²) in [7, 11) is 0. The fourth-order valence-corrected chi connectivity index (χ4v) is 2.23. The van der Waals surface area contributed by atoms with Crippen LogP contribution in [0.25, 0.3) is 0 Å². The number of esters is 2. The molecule has 1 aliphatic heterocycles. The van der Waals surface area contributed by atoms with Crippen molar-refractivity contribution in [2.45, 2.75) is 52.0 Å². The van der Waals surface area contributed by atoms with Crippen LogP contribution >= 0.6 is 0 Å². The summed E-state index contributed by atoms with van der Waals surface area (Å²) in [4.78, 5) is 25.4. The van der Waals surface area contributed by atoms with Crippen molar-refractivity contribution in [3.8, 4) is 0 Å². The van der Waals surface area contributed by atoms with Gasteiger partial charge in [0.15, 0.2) is 0 Å². The van der Waals surface area contributed by atoms with Crippen molar-refractivity contribution in [2.75, 3.05) is 26.3 Å². The highest BCUT2D eigenvalue weighted by atomic mass is 16.5. The van der Waals surface area contributed by atoms with E-state index in [2.05, 4.69) is 6.92 Å². The smallest absolute Gasteiger partial charge is 0.323 e. The molecular formula is C14H25NO4. The van der Waals surface area contributed by atoms with Crippen molar-refractivity contribution in [2.24, 2.45) is 0 Å². The summed E-state index contributed by atoms with van der Waals surface area (Å²) >= 11 is 0. The summed E-state index contributed by atoms with van der Waals surface area (Å²) in [6.45, 7) is 5.64. The molecule has 0 aromatic carbocycles. The minimum absolute atomic E-state index is 0.188. The zero-order valence-corrected chi connectivity index (χ0v) is 12.0. The number of ether oxygens (including phenoxy) is 2. The number of nitrogens with zero attached hydrogens (tertiary/aromatic N) is 1. The second-order valence-corrected chi connectivity index (χ2v) is 4.81. The van der Waals surface area contributed by atoms with E-state index in [4.69, 9.17) is 9.47 Å². The first-order valence-corrected chi connectivity index (χ1v) is 7.25. The van der Waals surface area contributed by atoms with Gasteiger partial charge in [0, 0.05) is 0 Å². The molecule has 1 saturated heterocycles. The van der Waals surface area contributed by atoms with Crippen molar-refractivity contribution in [3.05, 3.63) is 0 Å². The van der Waals surface area contributed by atoms with E-state index in [0.717, 1.165) is 38.6 Å². The van der Waals surface area contributed by atoms with Crippen LogP contribution in [0.3, 0.4) is 0 Å². The highest BCUT2D eigenvalue weighted by Gasteiger charge is 2.31. The topological polar surface area (TPSA) is 55.8 Å². The molecular weight excluding hydrogens is 246 g/mol. The number of carbonyl (C=O) groups excluding carboxylic acids is 2. The van der Waals surface area contributed by atoms with Crippen LogP contribution in [0.15, 0.2) is 0 Å². The SMILES string of the molecule is CCCCOC(=O)CN1CCCCC1C(=O)OCC. The van der Waals surface area contributed by atoms with Gasteiger partial charge in [0.05, 0.1) is 19.8 Å². The van der Waals surface area contributed by atoms with Gasteiger partial charge < -0.3 is 9.47 Å². The van der Waals surface area contributed by atoms with Crippen molar-refractivity contribution in [1.82, 2.24) is 4.90 Å². The molecule has 1 aliphatic rings. The first kappa shape index (κ1) is 16.0. The Balaban J connectivity index is 2.43. The van der Waals surface area contributed by atoms with Gasteiger partial charge in [-0.1, -0.05) is 19.8 Å². The maximum atomic E-state index is 11.8. The number of carbonyl (C=O) groups is 2. The van der Waals surface area contributed by atoms with E-state index in [1.165, 1.54) is 0 Å². The van der Waals surface area contributed by atoms with E-state index in [9.17, 15) is 9.59 Å². The van der Waals surface area contributed by atoms with Crippen LogP contribution in [0, 0.1) is 0 Å². The van der Waals surface area contributed by atoms with Gasteiger partial charge in [0.1, 0.15) is 6.04 Å². The Kier molecular flexibility index (Phi) is 7.48. The Morgan fingerprint density at radius 1 is 1.21 bits per heavy atom. The van der Waals surface area contributed by atoms with Gasteiger partial charge in [-0.15, -0.1) is 0 Å². The molecule has 1 atom stereocenters. The third-order valence-electron chi connectivity index (χ3n) is 3.27. The number of rotatable bonds is 7. The molecule has 0 aliphatic carbocycles. The number of hydrogen-bond donors (Lipinski definition) is 0. The largest absolute Gasteiger partial charge is 0.465 e. The highest BCUT2D eigenvalue weighted by Crippen LogP contribution is 2.18. The molecule has 1 fully saturated rings. The minimum Gasteiger partial charge on any atom is -0.465 e. The van der Waals surface area contributed by atoms with Gasteiger partial charge in [-0.2, -0.15) is 0 Å². The van der Waals surface area contributed by atoms with Gasteiger partial charge in [-0.3, -0.25) is 14.5 Å². The summed E-state index contributed by atoms with van der Waals surface area (Å²) in [6.07, 6.45) is 4.67. The molecule has 0 N–H and O–H groups in total. The molecule has 110 valence electrons. The van der Waals surface area contributed by atoms with E-state index in [1.54, 1.807) is 6.92 Å². The molecule has 0 spiro atoms. The summed E-state index contributed by atoms with van der Waals surface area (Å²) in [5.74, 6) is -0.465. The zero-order chi connectivity index (χ0) is 14.1. The molecule has 1 rings (SSSR count). The number of piperidine rings is 1. The van der Waals surface area contributed by atoms with Gasteiger partial charge in [-0.05, 0) is 32.7 Å². The molecule has 1 heterocycles. The predicted molar refractivity (Wildman–Crippen MR) is 71.7 cm³/mol. The quantitative estimate of drug-likeness (QED) is 0.521. The highest BCUT2D eigenvalue weighted by molar-refractivity contribution is 5.78. The minimum atomic E-state index is -0.285. The standard InChI is InChI=1S/C14H25NO4/c1-3-5-10-19-13(16)11-15-9-7-6-8-12(15)14(17)18-4-2/h12H,3-11H2,1-2H3. The van der Waals surface area contributed by atoms with Crippen LogP contribution < -0.4 is 0 Å². The van der Waals surface area contributed by atoms with Gasteiger partial charge >= 0.3 is 11.9 Å². The van der Waals surface area contributed by atoms with Gasteiger partial charge in [0.25, 0.3) is 0 Å². The maximum Gasteiger partial charge on any atom is 0.323 e. The average Bonchev–Trinajstić information content (AvgIpc) is 2.40. The van der Waals surface area contributed by atoms with Gasteiger partial charge in [0.2, 0.25) is 0 Å². The Hall–Kier alpha value is -1.10. The normalized spacial score (nSPS) is 20.0. The van der Waals surface area contributed by atoms with E-state index in [-0.39, 0.29) is 24.5 Å². The molecule has 0 aromatic rings. The predicted octanol–water partition coefficient (Wildman–Crippen LogP) is 1.75. The number of hydrogen-bond acceptors (Lipinski definition) is 5. The van der Waals surface area contributed by atoms with E-state index >= 15 is 0 Å². The monoisotopic (exact) mass is 271 g/mol. The summed E-state index contributed by atoms with van der Waals surface area (Å²) in [5, 5.41) is 0. The molecule has 19 heavy (non-hydrogen) atoms. The fourth-order valence-electron chi connectivity index (χ4n) is 2.23. The van der Waals surface area contributed by atoms with Crippen molar-refractivity contribution >= 4 is 11.9 Å². The fraction of sp³-hybridized carbons (Fsp3) is 0.857. The van der Waals surface area contributed by atoms with Crippen molar-refractivity contribution in [1.29, 1.82) is 0 Å². The molecule has 0 amide bonds. The molecule has 0 radical (unpaired) electrons. The first-order valence-electron chi connectivity index (χ1n) is 7.25. The lowest BCUT2D eigenvalue weighted by Crippen LogP contribution is -2.47. The van der Waals surface area contributed by atoms with Crippen LogP contribution in [0.2, 0.25) is 0 Å². The lowest BCUT2D eigenvalue weighted by Gasteiger charge is -2.32. The van der Waals surface area contributed by atoms with Crippen LogP contribution in [0.1, 0.15) is 46.0 Å². The Morgan fingerprint density at radius 2 is 2.00 bits per heavy atom. The first-order chi connectivity index (χ1) is 9.19. The van der Waals surface area contributed by atoms with Gasteiger partial charge in [-0.25, -0.2) is 0 Å².